The van der Waals surface area contributed by atoms with Crippen molar-refractivity contribution in [3.8, 4) is 0 Å². The van der Waals surface area contributed by atoms with Crippen LogP contribution in [0, 0.1) is 15.9 Å². The lowest BCUT2D eigenvalue weighted by molar-refractivity contribution is -0.384. The van der Waals surface area contributed by atoms with E-state index < -0.39 is 28.6 Å². The summed E-state index contributed by atoms with van der Waals surface area (Å²) in [7, 11) is 0. The van der Waals surface area contributed by atoms with Gasteiger partial charge in [-0.25, -0.2) is 4.39 Å². The van der Waals surface area contributed by atoms with Gasteiger partial charge in [0.25, 0.3) is 11.6 Å². The van der Waals surface area contributed by atoms with Gasteiger partial charge in [0.2, 0.25) is 5.91 Å². The summed E-state index contributed by atoms with van der Waals surface area (Å²) in [6.45, 7) is 1.55. The minimum atomic E-state index is -0.880. The first kappa shape index (κ1) is 19.5. The van der Waals surface area contributed by atoms with Crippen LogP contribution in [0.3, 0.4) is 0 Å². The minimum Gasteiger partial charge on any atom is -0.350 e. The normalized spacial score (nSPS) is 11.5. The van der Waals surface area contributed by atoms with Crippen LogP contribution in [0.2, 0.25) is 0 Å². The lowest BCUT2D eigenvalue weighted by Gasteiger charge is -2.14. The first-order chi connectivity index (χ1) is 12.3. The Labute approximate surface area is 156 Å². The van der Waals surface area contributed by atoms with Crippen molar-refractivity contribution in [1.82, 2.24) is 10.6 Å². The topological polar surface area (TPSA) is 101 Å². The molecule has 7 nitrogen and oxygen atoms in total. The molecule has 2 aromatic carbocycles. The Balaban J connectivity index is 1.96. The summed E-state index contributed by atoms with van der Waals surface area (Å²) < 4.78 is 13.9. The second-order valence-electron chi connectivity index (χ2n) is 5.46. The minimum absolute atomic E-state index is 0.0757. The molecular formula is C17H15BrFN3O4. The highest BCUT2D eigenvalue weighted by Gasteiger charge is 2.18. The zero-order chi connectivity index (χ0) is 19.3. The third-order valence-electron chi connectivity index (χ3n) is 3.52. The third-order valence-corrected chi connectivity index (χ3v) is 4.29. The molecule has 0 radical (unpaired) electrons. The second-order valence-corrected chi connectivity index (χ2v) is 6.31. The van der Waals surface area contributed by atoms with Gasteiger partial charge in [-0.15, -0.1) is 0 Å². The van der Waals surface area contributed by atoms with Crippen molar-refractivity contribution in [3.05, 3.63) is 74.0 Å². The van der Waals surface area contributed by atoms with Crippen molar-refractivity contribution in [1.29, 1.82) is 0 Å². The molecule has 2 rings (SSSR count). The number of amides is 2. The largest absolute Gasteiger partial charge is 0.350 e. The summed E-state index contributed by atoms with van der Waals surface area (Å²) in [4.78, 5) is 34.4. The number of nitrogens with one attached hydrogen (secondary N) is 2. The summed E-state index contributed by atoms with van der Waals surface area (Å²) >= 11 is 3.26. The molecule has 1 atom stereocenters. The van der Waals surface area contributed by atoms with Crippen molar-refractivity contribution < 1.29 is 18.9 Å². The molecule has 0 fully saturated rings. The van der Waals surface area contributed by atoms with Crippen LogP contribution in [-0.2, 0) is 11.3 Å². The Hall–Kier alpha value is -2.81. The van der Waals surface area contributed by atoms with Crippen LogP contribution in [-0.4, -0.2) is 22.8 Å². The molecule has 0 aliphatic heterocycles. The molecule has 9 heteroatoms. The summed E-state index contributed by atoms with van der Waals surface area (Å²) in [5, 5.41) is 15.8. The molecule has 2 N–H and O–H groups in total. The van der Waals surface area contributed by atoms with Crippen LogP contribution >= 0.6 is 15.9 Å². The van der Waals surface area contributed by atoms with Gasteiger partial charge < -0.3 is 10.6 Å². The highest BCUT2D eigenvalue weighted by atomic mass is 79.9. The maximum atomic E-state index is 13.2. The van der Waals surface area contributed by atoms with E-state index in [1.807, 2.05) is 0 Å². The van der Waals surface area contributed by atoms with Crippen LogP contribution in [0.4, 0.5) is 10.1 Å². The molecule has 0 saturated carbocycles. The van der Waals surface area contributed by atoms with E-state index in [2.05, 4.69) is 26.6 Å². The van der Waals surface area contributed by atoms with Crippen LogP contribution < -0.4 is 10.6 Å². The van der Waals surface area contributed by atoms with Gasteiger partial charge in [0, 0.05) is 28.7 Å². The van der Waals surface area contributed by atoms with Gasteiger partial charge in [0.15, 0.2) is 0 Å². The number of non-ortho nitro benzene ring substituents is 1. The summed E-state index contributed by atoms with van der Waals surface area (Å²) in [6.07, 6.45) is 0. The van der Waals surface area contributed by atoms with Crippen LogP contribution in [0.1, 0.15) is 22.8 Å². The van der Waals surface area contributed by atoms with Gasteiger partial charge >= 0.3 is 0 Å². The Morgan fingerprint density at radius 3 is 2.69 bits per heavy atom. The van der Waals surface area contributed by atoms with E-state index >= 15 is 0 Å². The zero-order valence-corrected chi connectivity index (χ0v) is 15.2. The maximum Gasteiger partial charge on any atom is 0.270 e. The van der Waals surface area contributed by atoms with E-state index in [1.54, 1.807) is 0 Å². The number of halogens is 2. The molecule has 1 unspecified atom stereocenters. The molecule has 0 aliphatic carbocycles. The Bertz CT molecular complexity index is 860. The predicted molar refractivity (Wildman–Crippen MR) is 96.0 cm³/mol. The van der Waals surface area contributed by atoms with Crippen LogP contribution in [0.25, 0.3) is 0 Å². The van der Waals surface area contributed by atoms with Crippen molar-refractivity contribution >= 4 is 33.4 Å². The number of rotatable bonds is 6. The number of carbonyl (C=O) groups is 2. The number of nitrogens with zero attached hydrogens (tertiary/aromatic N) is 1. The molecule has 0 aliphatic rings. The molecule has 26 heavy (non-hydrogen) atoms. The van der Waals surface area contributed by atoms with Gasteiger partial charge in [0.1, 0.15) is 11.9 Å². The lowest BCUT2D eigenvalue weighted by Crippen LogP contribution is -2.44. The van der Waals surface area contributed by atoms with Crippen LogP contribution in [0.15, 0.2) is 46.9 Å². The summed E-state index contributed by atoms with van der Waals surface area (Å²) in [5.74, 6) is -1.51. The monoisotopic (exact) mass is 423 g/mol. The molecular weight excluding hydrogens is 409 g/mol. The number of benzene rings is 2. The molecule has 0 bridgehead atoms. The quantitative estimate of drug-likeness (QED) is 0.550. The fourth-order valence-corrected chi connectivity index (χ4v) is 2.51. The molecule has 0 saturated heterocycles. The van der Waals surface area contributed by atoms with Gasteiger partial charge in [-0.2, -0.15) is 0 Å². The number of hydrogen-bond donors (Lipinski definition) is 2. The van der Waals surface area contributed by atoms with E-state index in [0.717, 1.165) is 6.07 Å². The Morgan fingerprint density at radius 1 is 1.27 bits per heavy atom. The van der Waals surface area contributed by atoms with Crippen molar-refractivity contribution in [3.63, 3.8) is 0 Å². The Kier molecular flexibility index (Phi) is 6.40. The van der Waals surface area contributed by atoms with E-state index in [4.69, 9.17) is 0 Å². The number of nitro benzene ring substituents is 1. The SMILES string of the molecule is CC(NC(=O)c1cccc([N+](=O)[O-])c1)C(=O)NCc1cc(F)ccc1Br. The first-order valence-corrected chi connectivity index (χ1v) is 8.34. The summed E-state index contributed by atoms with van der Waals surface area (Å²) in [5.41, 5.74) is 0.410. The number of nitro groups is 1. The third kappa shape index (κ3) is 5.09. The molecule has 2 aromatic rings. The second kappa shape index (κ2) is 8.52. The number of hydrogen-bond acceptors (Lipinski definition) is 4. The van der Waals surface area contributed by atoms with Gasteiger partial charge in [-0.05, 0) is 36.8 Å². The first-order valence-electron chi connectivity index (χ1n) is 7.55. The van der Waals surface area contributed by atoms with E-state index in [-0.39, 0.29) is 17.8 Å². The fourth-order valence-electron chi connectivity index (χ4n) is 2.12. The van der Waals surface area contributed by atoms with Crippen molar-refractivity contribution in [2.45, 2.75) is 19.5 Å². The van der Waals surface area contributed by atoms with Gasteiger partial charge in [-0.1, -0.05) is 22.0 Å². The highest BCUT2D eigenvalue weighted by Crippen LogP contribution is 2.17. The average Bonchev–Trinajstić information content (AvgIpc) is 2.62. The van der Waals surface area contributed by atoms with Gasteiger partial charge in [0.05, 0.1) is 4.92 Å². The molecule has 0 spiro atoms. The molecule has 136 valence electrons. The molecule has 0 aromatic heterocycles. The van der Waals surface area contributed by atoms with E-state index in [0.29, 0.717) is 10.0 Å². The predicted octanol–water partition coefficient (Wildman–Crippen LogP) is 2.93. The standard InChI is InChI=1S/C17H15BrFN3O4/c1-10(16(23)20-9-12-7-13(19)5-6-15(12)18)21-17(24)11-3-2-4-14(8-11)22(25)26/h2-8,10H,9H2,1H3,(H,20,23)(H,21,24). The van der Waals surface area contributed by atoms with E-state index in [9.17, 15) is 24.1 Å². The summed E-state index contributed by atoms with van der Waals surface area (Å²) in [6, 6.07) is 8.43. The van der Waals surface area contributed by atoms with Crippen molar-refractivity contribution in [2.75, 3.05) is 0 Å². The maximum absolute atomic E-state index is 13.2. The fraction of sp³-hybridized carbons (Fsp3) is 0.176. The zero-order valence-electron chi connectivity index (χ0n) is 13.7. The van der Waals surface area contributed by atoms with Crippen molar-refractivity contribution in [2.24, 2.45) is 0 Å². The highest BCUT2D eigenvalue weighted by molar-refractivity contribution is 9.10. The smallest absolute Gasteiger partial charge is 0.270 e. The molecule has 0 heterocycles. The van der Waals surface area contributed by atoms with Gasteiger partial charge in [-0.3, -0.25) is 19.7 Å². The van der Waals surface area contributed by atoms with Crippen LogP contribution in [0.5, 0.6) is 0 Å². The molecule has 2 amide bonds. The Morgan fingerprint density at radius 2 is 2.00 bits per heavy atom. The van der Waals surface area contributed by atoms with E-state index in [1.165, 1.54) is 43.3 Å². The average molecular weight is 424 g/mol. The lowest BCUT2D eigenvalue weighted by atomic mass is 10.1. The number of carbonyl (C=O) groups excluding carboxylic acids is 2.